The average molecular weight is 351 g/mol. The Kier molecular flexibility index (Phi) is 3.63. The molecule has 1 N–H and O–H groups in total. The maximum atomic E-state index is 13.0. The fraction of sp³-hybridized carbons (Fsp3) is 0.412. The van der Waals surface area contributed by atoms with Crippen LogP contribution in [0.1, 0.15) is 12.8 Å². The number of amides is 1. The molecule has 25 heavy (non-hydrogen) atoms. The number of ether oxygens (including phenoxy) is 3. The Bertz CT molecular complexity index is 763. The molecule has 1 amide bonds. The minimum Gasteiger partial charge on any atom is -0.455 e. The van der Waals surface area contributed by atoms with E-state index in [1.807, 2.05) is 6.08 Å². The van der Waals surface area contributed by atoms with E-state index in [0.717, 1.165) is 12.8 Å². The summed E-state index contributed by atoms with van der Waals surface area (Å²) in [5.41, 5.74) is 0.240. The minimum absolute atomic E-state index is 0.112. The smallest absolute Gasteiger partial charge is 0.455 e. The van der Waals surface area contributed by atoms with Gasteiger partial charge in [0.15, 0.2) is 18.1 Å². The Morgan fingerprint density at radius 1 is 1.20 bits per heavy atom. The lowest BCUT2D eigenvalue weighted by Crippen LogP contribution is -2.26. The quantitative estimate of drug-likeness (QED) is 0.667. The van der Waals surface area contributed by atoms with E-state index in [4.69, 9.17) is 4.74 Å². The number of halogens is 2. The second-order valence-electron chi connectivity index (χ2n) is 6.37. The number of nitrogens with one attached hydrogen (secondary N) is 1. The molecule has 1 fully saturated rings. The summed E-state index contributed by atoms with van der Waals surface area (Å²) < 4.78 is 39.6. The van der Waals surface area contributed by atoms with Crippen LogP contribution in [0, 0.1) is 17.8 Å². The van der Waals surface area contributed by atoms with Crippen molar-refractivity contribution in [1.29, 1.82) is 0 Å². The Balaban J connectivity index is 1.30. The van der Waals surface area contributed by atoms with Crippen LogP contribution in [0.2, 0.25) is 0 Å². The number of rotatable bonds is 4. The van der Waals surface area contributed by atoms with E-state index < -0.39 is 18.8 Å². The molecule has 2 aliphatic carbocycles. The Labute approximate surface area is 141 Å². The lowest BCUT2D eigenvalue weighted by molar-refractivity contribution is -0.286. The highest BCUT2D eigenvalue weighted by Gasteiger charge is 2.43. The van der Waals surface area contributed by atoms with Gasteiger partial charge in [0.25, 0.3) is 5.91 Å². The minimum atomic E-state index is -3.71. The summed E-state index contributed by atoms with van der Waals surface area (Å²) in [6, 6.07) is 3.88. The van der Waals surface area contributed by atoms with Crippen molar-refractivity contribution in [3.63, 3.8) is 0 Å². The molecule has 2 bridgehead atoms. The third-order valence-electron chi connectivity index (χ3n) is 4.61. The van der Waals surface area contributed by atoms with Gasteiger partial charge in [0.05, 0.1) is 5.92 Å². The first-order valence-electron chi connectivity index (χ1n) is 7.94. The van der Waals surface area contributed by atoms with Crippen molar-refractivity contribution < 1.29 is 32.6 Å². The number of allylic oxidation sites excluding steroid dienone is 2. The molecule has 0 spiro atoms. The van der Waals surface area contributed by atoms with Crippen LogP contribution >= 0.6 is 0 Å². The zero-order chi connectivity index (χ0) is 17.6. The normalized spacial score (nSPS) is 27.4. The molecule has 0 unspecified atom stereocenters. The predicted molar refractivity (Wildman–Crippen MR) is 81.1 cm³/mol. The van der Waals surface area contributed by atoms with Crippen LogP contribution in [0.5, 0.6) is 11.5 Å². The van der Waals surface area contributed by atoms with Gasteiger partial charge in [0.1, 0.15) is 0 Å². The molecule has 1 aliphatic heterocycles. The number of benzene rings is 1. The van der Waals surface area contributed by atoms with Crippen LogP contribution in [-0.2, 0) is 14.3 Å². The Morgan fingerprint density at radius 3 is 2.72 bits per heavy atom. The lowest BCUT2D eigenvalue weighted by atomic mass is 9.94. The number of esters is 1. The highest BCUT2D eigenvalue weighted by atomic mass is 19.3. The van der Waals surface area contributed by atoms with Crippen molar-refractivity contribution in [3.05, 3.63) is 30.4 Å². The maximum absolute atomic E-state index is 13.0. The predicted octanol–water partition coefficient (Wildman–Crippen LogP) is 2.70. The highest BCUT2D eigenvalue weighted by Crippen LogP contribution is 2.44. The van der Waals surface area contributed by atoms with E-state index in [1.165, 1.54) is 18.2 Å². The van der Waals surface area contributed by atoms with Crippen molar-refractivity contribution in [3.8, 4) is 11.5 Å². The number of carbonyl (C=O) groups excluding carboxylic acids is 2. The number of hydrogen-bond donors (Lipinski definition) is 1. The summed E-state index contributed by atoms with van der Waals surface area (Å²) in [5, 5.41) is 2.47. The van der Waals surface area contributed by atoms with Gasteiger partial charge in [0, 0.05) is 11.8 Å². The van der Waals surface area contributed by atoms with Crippen molar-refractivity contribution in [1.82, 2.24) is 0 Å². The van der Waals surface area contributed by atoms with E-state index in [9.17, 15) is 18.4 Å². The number of hydrogen-bond acceptors (Lipinski definition) is 5. The first-order valence-corrected chi connectivity index (χ1v) is 7.94. The maximum Gasteiger partial charge on any atom is 0.586 e. The van der Waals surface area contributed by atoms with Crippen molar-refractivity contribution in [2.75, 3.05) is 11.9 Å². The van der Waals surface area contributed by atoms with Crippen LogP contribution in [-0.4, -0.2) is 24.8 Å². The SMILES string of the molecule is O=C(COC(=O)[C@@H]1C[C@@H]2C=C[C@@H]1C2)Nc1ccc2c(c1)OC(F)(F)O2. The lowest BCUT2D eigenvalue weighted by Gasteiger charge is -2.16. The number of anilines is 1. The summed E-state index contributed by atoms with van der Waals surface area (Å²) in [6.45, 7) is -0.430. The summed E-state index contributed by atoms with van der Waals surface area (Å²) >= 11 is 0. The van der Waals surface area contributed by atoms with Gasteiger partial charge < -0.3 is 19.5 Å². The summed E-state index contributed by atoms with van der Waals surface area (Å²) in [7, 11) is 0. The van der Waals surface area contributed by atoms with Crippen molar-refractivity contribution in [2.24, 2.45) is 17.8 Å². The van der Waals surface area contributed by atoms with E-state index in [-0.39, 0.29) is 35.0 Å². The number of fused-ring (bicyclic) bond motifs is 3. The van der Waals surface area contributed by atoms with E-state index in [0.29, 0.717) is 5.92 Å². The fourth-order valence-corrected chi connectivity index (χ4v) is 3.52. The third-order valence-corrected chi connectivity index (χ3v) is 4.61. The molecule has 6 nitrogen and oxygen atoms in total. The van der Waals surface area contributed by atoms with Gasteiger partial charge in [-0.05, 0) is 36.8 Å². The zero-order valence-electron chi connectivity index (χ0n) is 13.0. The second kappa shape index (κ2) is 5.72. The first kappa shape index (κ1) is 15.9. The molecule has 0 saturated heterocycles. The molecule has 1 heterocycles. The molecule has 0 radical (unpaired) electrons. The van der Waals surface area contributed by atoms with E-state index >= 15 is 0 Å². The van der Waals surface area contributed by atoms with Crippen LogP contribution in [0.25, 0.3) is 0 Å². The second-order valence-corrected chi connectivity index (χ2v) is 6.37. The Morgan fingerprint density at radius 2 is 2.00 bits per heavy atom. The molecule has 3 atom stereocenters. The van der Waals surface area contributed by atoms with Gasteiger partial charge >= 0.3 is 12.3 Å². The Hall–Kier alpha value is -2.64. The van der Waals surface area contributed by atoms with Crippen LogP contribution < -0.4 is 14.8 Å². The van der Waals surface area contributed by atoms with Gasteiger partial charge in [-0.2, -0.15) is 0 Å². The number of carbonyl (C=O) groups is 2. The molecule has 1 saturated carbocycles. The summed E-state index contributed by atoms with van der Waals surface area (Å²) in [6.07, 6.45) is 2.16. The van der Waals surface area contributed by atoms with Crippen LogP contribution in [0.4, 0.5) is 14.5 Å². The molecular weight excluding hydrogens is 336 g/mol. The summed E-state index contributed by atoms with van der Waals surface area (Å²) in [5.74, 6) is -0.767. The monoisotopic (exact) mass is 351 g/mol. The molecule has 0 aromatic heterocycles. The molecule has 1 aromatic rings. The molecule has 132 valence electrons. The molecule has 1 aromatic carbocycles. The molecule has 4 rings (SSSR count). The first-order chi connectivity index (χ1) is 11.9. The van der Waals surface area contributed by atoms with Crippen LogP contribution in [0.15, 0.2) is 30.4 Å². The van der Waals surface area contributed by atoms with Gasteiger partial charge in [-0.1, -0.05) is 12.2 Å². The average Bonchev–Trinajstić information content (AvgIpc) is 3.24. The summed E-state index contributed by atoms with van der Waals surface area (Å²) in [4.78, 5) is 24.0. The van der Waals surface area contributed by atoms with Gasteiger partial charge in [-0.3, -0.25) is 9.59 Å². The van der Waals surface area contributed by atoms with E-state index in [2.05, 4.69) is 20.9 Å². The van der Waals surface area contributed by atoms with Crippen LogP contribution in [0.3, 0.4) is 0 Å². The fourth-order valence-electron chi connectivity index (χ4n) is 3.52. The van der Waals surface area contributed by atoms with E-state index in [1.54, 1.807) is 0 Å². The van der Waals surface area contributed by atoms with Crippen molar-refractivity contribution in [2.45, 2.75) is 19.1 Å². The third kappa shape index (κ3) is 3.16. The highest BCUT2D eigenvalue weighted by molar-refractivity contribution is 5.93. The molecular formula is C17H15F2NO5. The van der Waals surface area contributed by atoms with Gasteiger partial charge in [-0.15, -0.1) is 8.78 Å². The topological polar surface area (TPSA) is 73.9 Å². The molecule has 3 aliphatic rings. The zero-order valence-corrected chi connectivity index (χ0v) is 13.0. The largest absolute Gasteiger partial charge is 0.586 e. The standard InChI is InChI=1S/C17H15F2NO5/c18-17(19)24-13-4-3-11(7-14(13)25-17)20-15(21)8-23-16(22)12-6-9-1-2-10(12)5-9/h1-4,7,9-10,12H,5-6,8H2,(H,20,21)/t9-,10-,12-/m1/s1. The van der Waals surface area contributed by atoms with Gasteiger partial charge in [0.2, 0.25) is 0 Å². The number of alkyl halides is 2. The van der Waals surface area contributed by atoms with Crippen molar-refractivity contribution >= 4 is 17.6 Å². The van der Waals surface area contributed by atoms with Gasteiger partial charge in [-0.25, -0.2) is 0 Å². The molecule has 8 heteroatoms.